The average Bonchev–Trinajstić information content (AvgIpc) is 3.55. The minimum Gasteiger partial charge on any atom is -0.383 e. The third-order valence-corrected chi connectivity index (χ3v) is 5.72. The predicted molar refractivity (Wildman–Crippen MR) is 108 cm³/mol. The van der Waals surface area contributed by atoms with E-state index >= 15 is 0 Å². The molecule has 1 saturated heterocycles. The minimum atomic E-state index is -0.531. The van der Waals surface area contributed by atoms with E-state index in [1.807, 2.05) is 0 Å². The zero-order valence-electron chi connectivity index (χ0n) is 16.9. The smallest absolute Gasteiger partial charge is 0.346 e. The molecule has 1 amide bonds. The Kier molecular flexibility index (Phi) is 5.67. The largest absolute Gasteiger partial charge is 0.383 e. The van der Waals surface area contributed by atoms with Gasteiger partial charge in [0.2, 0.25) is 0 Å². The van der Waals surface area contributed by atoms with Crippen LogP contribution in [-0.4, -0.2) is 56.9 Å². The number of likely N-dealkylation sites (tertiary alicyclic amines) is 1. The summed E-state index contributed by atoms with van der Waals surface area (Å²) in [5, 5.41) is 15.9. The minimum absolute atomic E-state index is 0.0810. The van der Waals surface area contributed by atoms with Crippen LogP contribution in [0.2, 0.25) is 0 Å². The number of nitro benzene ring substituents is 1. The molecule has 1 unspecified atom stereocenters. The van der Waals surface area contributed by atoms with Crippen molar-refractivity contribution in [2.75, 3.05) is 26.8 Å². The zero-order chi connectivity index (χ0) is 21.3. The van der Waals surface area contributed by atoms with Gasteiger partial charge in [0.25, 0.3) is 11.6 Å². The number of hydrogen-bond acceptors (Lipinski definition) is 6. The molecule has 0 bridgehead atoms. The first-order chi connectivity index (χ1) is 14.5. The summed E-state index contributed by atoms with van der Waals surface area (Å²) >= 11 is 0. The maximum Gasteiger partial charge on any atom is 0.346 e. The molecule has 2 aromatic rings. The molecule has 0 spiro atoms. The van der Waals surface area contributed by atoms with Crippen LogP contribution in [0.5, 0.6) is 0 Å². The van der Waals surface area contributed by atoms with Crippen LogP contribution in [0, 0.1) is 10.1 Å². The molecule has 1 saturated carbocycles. The SMILES string of the molecule is COCCn1nc(C2CCCN(C(=O)c3ccccc3[N+](=O)[O-])C2)n(C2CC2)c1=O. The van der Waals surface area contributed by atoms with Gasteiger partial charge in [-0.2, -0.15) is 5.10 Å². The molecular formula is C20H25N5O5. The van der Waals surface area contributed by atoms with E-state index in [1.54, 1.807) is 28.7 Å². The van der Waals surface area contributed by atoms with Gasteiger partial charge in [-0.05, 0) is 31.7 Å². The highest BCUT2D eigenvalue weighted by Crippen LogP contribution is 2.37. The molecule has 10 nitrogen and oxygen atoms in total. The molecule has 2 fully saturated rings. The number of aromatic nitrogens is 3. The van der Waals surface area contributed by atoms with E-state index in [1.165, 1.54) is 16.8 Å². The predicted octanol–water partition coefficient (Wildman–Crippen LogP) is 1.95. The number of methoxy groups -OCH3 is 1. The van der Waals surface area contributed by atoms with Crippen molar-refractivity contribution in [2.45, 2.75) is 44.2 Å². The normalized spacial score (nSPS) is 19.1. The lowest BCUT2D eigenvalue weighted by molar-refractivity contribution is -0.385. The monoisotopic (exact) mass is 415 g/mol. The molecule has 1 aliphatic carbocycles. The Hall–Kier alpha value is -3.01. The van der Waals surface area contributed by atoms with E-state index in [9.17, 15) is 19.7 Å². The molecule has 30 heavy (non-hydrogen) atoms. The first-order valence-corrected chi connectivity index (χ1v) is 10.2. The van der Waals surface area contributed by atoms with Crippen molar-refractivity contribution in [3.8, 4) is 0 Å². The number of carbonyl (C=O) groups is 1. The second-order valence-electron chi connectivity index (χ2n) is 7.82. The van der Waals surface area contributed by atoms with Crippen LogP contribution in [0.15, 0.2) is 29.1 Å². The van der Waals surface area contributed by atoms with E-state index in [2.05, 4.69) is 5.10 Å². The summed E-state index contributed by atoms with van der Waals surface area (Å²) < 4.78 is 8.30. The Morgan fingerprint density at radius 1 is 1.30 bits per heavy atom. The van der Waals surface area contributed by atoms with Gasteiger partial charge in [-0.25, -0.2) is 9.48 Å². The van der Waals surface area contributed by atoms with Gasteiger partial charge in [-0.3, -0.25) is 19.5 Å². The zero-order valence-corrected chi connectivity index (χ0v) is 16.9. The molecule has 1 aromatic heterocycles. The summed E-state index contributed by atoms with van der Waals surface area (Å²) in [4.78, 5) is 38.3. The first kappa shape index (κ1) is 20.3. The fourth-order valence-electron chi connectivity index (χ4n) is 4.07. The van der Waals surface area contributed by atoms with Crippen molar-refractivity contribution in [1.29, 1.82) is 0 Å². The van der Waals surface area contributed by atoms with Crippen molar-refractivity contribution < 1.29 is 14.5 Å². The lowest BCUT2D eigenvalue weighted by atomic mass is 9.96. The number of benzene rings is 1. The number of ether oxygens (including phenoxy) is 1. The summed E-state index contributed by atoms with van der Waals surface area (Å²) in [6.45, 7) is 1.69. The maximum atomic E-state index is 13.1. The lowest BCUT2D eigenvalue weighted by Crippen LogP contribution is -2.40. The van der Waals surface area contributed by atoms with Gasteiger partial charge in [-0.1, -0.05) is 12.1 Å². The molecule has 2 aliphatic rings. The quantitative estimate of drug-likeness (QED) is 0.505. The summed E-state index contributed by atoms with van der Waals surface area (Å²) in [5.74, 6) is 0.271. The van der Waals surface area contributed by atoms with Gasteiger partial charge >= 0.3 is 5.69 Å². The van der Waals surface area contributed by atoms with Gasteiger partial charge in [0.15, 0.2) is 0 Å². The molecule has 2 heterocycles. The molecule has 10 heteroatoms. The molecule has 160 valence electrons. The third kappa shape index (κ3) is 3.87. The average molecular weight is 415 g/mol. The first-order valence-electron chi connectivity index (χ1n) is 10.2. The fraction of sp³-hybridized carbons (Fsp3) is 0.550. The van der Waals surface area contributed by atoms with Crippen LogP contribution in [0.25, 0.3) is 0 Å². The molecular weight excluding hydrogens is 390 g/mol. The summed E-state index contributed by atoms with van der Waals surface area (Å²) in [7, 11) is 1.58. The number of amides is 1. The Morgan fingerprint density at radius 2 is 2.07 bits per heavy atom. The number of rotatable bonds is 7. The van der Waals surface area contributed by atoms with E-state index in [-0.39, 0.29) is 34.8 Å². The Labute approximate surface area is 173 Å². The van der Waals surface area contributed by atoms with Crippen LogP contribution in [0.1, 0.15) is 53.8 Å². The van der Waals surface area contributed by atoms with Crippen molar-refractivity contribution in [2.24, 2.45) is 0 Å². The van der Waals surface area contributed by atoms with Gasteiger partial charge in [0.1, 0.15) is 11.4 Å². The van der Waals surface area contributed by atoms with Crippen LogP contribution < -0.4 is 5.69 Å². The van der Waals surface area contributed by atoms with Gasteiger partial charge in [0, 0.05) is 38.2 Å². The van der Waals surface area contributed by atoms with Gasteiger partial charge in [0.05, 0.1) is 18.1 Å². The molecule has 1 aromatic carbocycles. The number of piperidine rings is 1. The lowest BCUT2D eigenvalue weighted by Gasteiger charge is -2.32. The van der Waals surface area contributed by atoms with E-state index in [4.69, 9.17) is 4.74 Å². The summed E-state index contributed by atoms with van der Waals surface area (Å²) in [6.07, 6.45) is 3.47. The van der Waals surface area contributed by atoms with Gasteiger partial charge in [-0.15, -0.1) is 0 Å². The van der Waals surface area contributed by atoms with Crippen molar-refractivity contribution in [1.82, 2.24) is 19.2 Å². The maximum absolute atomic E-state index is 13.1. The highest BCUT2D eigenvalue weighted by atomic mass is 16.6. The van der Waals surface area contributed by atoms with Crippen molar-refractivity contribution >= 4 is 11.6 Å². The summed E-state index contributed by atoms with van der Waals surface area (Å²) in [5.41, 5.74) is -0.233. The fourth-order valence-corrected chi connectivity index (χ4v) is 4.07. The van der Waals surface area contributed by atoms with Crippen molar-refractivity contribution in [3.63, 3.8) is 0 Å². The summed E-state index contributed by atoms with van der Waals surface area (Å²) in [6, 6.07) is 6.18. The number of nitrogens with zero attached hydrogens (tertiary/aromatic N) is 5. The van der Waals surface area contributed by atoms with Crippen LogP contribution in [0.4, 0.5) is 5.69 Å². The second-order valence-corrected chi connectivity index (χ2v) is 7.82. The molecule has 0 radical (unpaired) electrons. The number of nitro groups is 1. The standard InChI is InChI=1S/C20H25N5O5/c1-30-12-11-23-20(27)24(15-8-9-15)18(21-23)14-5-4-10-22(13-14)19(26)16-6-2-3-7-17(16)25(28)29/h2-3,6-7,14-15H,4-5,8-13H2,1H3. The second kappa shape index (κ2) is 8.39. The molecule has 0 N–H and O–H groups in total. The van der Waals surface area contributed by atoms with Gasteiger partial charge < -0.3 is 9.64 Å². The molecule has 4 rings (SSSR count). The molecule has 1 atom stereocenters. The number of hydrogen-bond donors (Lipinski definition) is 0. The number of para-hydroxylation sites is 1. The van der Waals surface area contributed by atoms with E-state index < -0.39 is 4.92 Å². The Bertz CT molecular complexity index is 1010. The van der Waals surface area contributed by atoms with Crippen molar-refractivity contribution in [3.05, 3.63) is 56.3 Å². The highest BCUT2D eigenvalue weighted by Gasteiger charge is 2.36. The van der Waals surface area contributed by atoms with E-state index in [0.29, 0.717) is 32.1 Å². The Morgan fingerprint density at radius 3 is 2.77 bits per heavy atom. The third-order valence-electron chi connectivity index (χ3n) is 5.72. The molecule has 1 aliphatic heterocycles. The highest BCUT2D eigenvalue weighted by molar-refractivity contribution is 5.98. The Balaban J connectivity index is 1.60. The van der Waals surface area contributed by atoms with Crippen LogP contribution >= 0.6 is 0 Å². The van der Waals surface area contributed by atoms with Crippen LogP contribution in [-0.2, 0) is 11.3 Å². The number of carbonyl (C=O) groups excluding carboxylic acids is 1. The van der Waals surface area contributed by atoms with Crippen LogP contribution in [0.3, 0.4) is 0 Å². The van der Waals surface area contributed by atoms with E-state index in [0.717, 1.165) is 25.7 Å². The topological polar surface area (TPSA) is 112 Å².